The number of primary amides is 1. The number of carbonyl (C=O) groups excluding carboxylic acids is 2. The Morgan fingerprint density at radius 1 is 1.15 bits per heavy atom. The summed E-state index contributed by atoms with van der Waals surface area (Å²) in [7, 11) is 0. The molecule has 0 saturated heterocycles. The highest BCUT2D eigenvalue weighted by molar-refractivity contribution is 6.10. The van der Waals surface area contributed by atoms with Crippen molar-refractivity contribution in [2.45, 2.75) is 6.04 Å². The van der Waals surface area contributed by atoms with Crippen molar-refractivity contribution < 1.29 is 14.0 Å². The van der Waals surface area contributed by atoms with E-state index < -0.39 is 17.9 Å². The van der Waals surface area contributed by atoms with Gasteiger partial charge in [0.15, 0.2) is 0 Å². The van der Waals surface area contributed by atoms with Crippen LogP contribution in [0.3, 0.4) is 0 Å². The largest absolute Gasteiger partial charge is 0.383 e. The number of benzene rings is 2. The van der Waals surface area contributed by atoms with Gasteiger partial charge < -0.3 is 16.8 Å². The molecule has 3 aromatic rings. The number of hydrogen-bond acceptors (Lipinski definition) is 4. The molecule has 0 fully saturated rings. The quantitative estimate of drug-likeness (QED) is 0.604. The van der Waals surface area contributed by atoms with E-state index in [9.17, 15) is 14.0 Å². The SMILES string of the molecule is C=C[C@H](NC(=O)c1cnc(N)c2cc(-c3cccc(F)c3)ccc12)C(N)=O. The first kappa shape index (κ1) is 18.1. The summed E-state index contributed by atoms with van der Waals surface area (Å²) in [6.07, 6.45) is 2.57. The molecule has 0 unspecified atom stereocenters. The molecule has 0 aliphatic rings. The van der Waals surface area contributed by atoms with Crippen LogP contribution in [0.2, 0.25) is 0 Å². The van der Waals surface area contributed by atoms with Crippen molar-refractivity contribution >= 4 is 28.4 Å². The number of nitrogen functional groups attached to an aromatic ring is 1. The maximum Gasteiger partial charge on any atom is 0.254 e. The summed E-state index contributed by atoms with van der Waals surface area (Å²) in [5, 5.41) is 3.57. The van der Waals surface area contributed by atoms with Gasteiger partial charge in [-0.05, 0) is 34.7 Å². The van der Waals surface area contributed by atoms with Gasteiger partial charge in [-0.1, -0.05) is 30.3 Å². The highest BCUT2D eigenvalue weighted by Crippen LogP contribution is 2.29. The molecule has 0 spiro atoms. The zero-order valence-corrected chi connectivity index (χ0v) is 14.3. The molecule has 3 rings (SSSR count). The van der Waals surface area contributed by atoms with Crippen LogP contribution in [0, 0.1) is 5.82 Å². The van der Waals surface area contributed by atoms with Gasteiger partial charge in [-0.25, -0.2) is 9.37 Å². The number of halogens is 1. The first-order chi connectivity index (χ1) is 12.9. The molecule has 0 aliphatic carbocycles. The van der Waals surface area contributed by atoms with Crippen molar-refractivity contribution in [2.75, 3.05) is 5.73 Å². The average molecular weight is 364 g/mol. The van der Waals surface area contributed by atoms with E-state index in [1.807, 2.05) is 0 Å². The van der Waals surface area contributed by atoms with E-state index >= 15 is 0 Å². The van der Waals surface area contributed by atoms with Crippen molar-refractivity contribution in [2.24, 2.45) is 5.73 Å². The van der Waals surface area contributed by atoms with Crippen LogP contribution in [-0.2, 0) is 4.79 Å². The maximum absolute atomic E-state index is 13.5. The normalized spacial score (nSPS) is 11.7. The number of amides is 2. The predicted octanol–water partition coefficient (Wildman–Crippen LogP) is 2.39. The Bertz CT molecular complexity index is 1070. The Labute approximate surface area is 154 Å². The Kier molecular flexibility index (Phi) is 4.85. The molecule has 0 saturated carbocycles. The molecule has 2 amide bonds. The number of nitrogens with two attached hydrogens (primary N) is 2. The molecule has 0 aliphatic heterocycles. The van der Waals surface area contributed by atoms with Crippen LogP contribution in [0.5, 0.6) is 0 Å². The summed E-state index contributed by atoms with van der Waals surface area (Å²) in [6, 6.07) is 10.3. The number of aromatic nitrogens is 1. The molecule has 7 heteroatoms. The lowest BCUT2D eigenvalue weighted by molar-refractivity contribution is -0.118. The fourth-order valence-electron chi connectivity index (χ4n) is 2.76. The summed E-state index contributed by atoms with van der Waals surface area (Å²) >= 11 is 0. The highest BCUT2D eigenvalue weighted by Gasteiger charge is 2.18. The summed E-state index contributed by atoms with van der Waals surface area (Å²) in [5.74, 6) is -1.38. The summed E-state index contributed by atoms with van der Waals surface area (Å²) in [5.41, 5.74) is 12.8. The molecule has 2 aromatic carbocycles. The van der Waals surface area contributed by atoms with Crippen LogP contribution in [-0.4, -0.2) is 22.8 Å². The number of carbonyl (C=O) groups is 2. The molecule has 0 bridgehead atoms. The second kappa shape index (κ2) is 7.25. The summed E-state index contributed by atoms with van der Waals surface area (Å²) < 4.78 is 13.5. The lowest BCUT2D eigenvalue weighted by Gasteiger charge is -2.13. The second-order valence-corrected chi connectivity index (χ2v) is 5.92. The summed E-state index contributed by atoms with van der Waals surface area (Å²) in [4.78, 5) is 27.9. The second-order valence-electron chi connectivity index (χ2n) is 5.92. The molecule has 1 aromatic heterocycles. The molecule has 1 heterocycles. The van der Waals surface area contributed by atoms with Crippen LogP contribution in [0.25, 0.3) is 21.9 Å². The van der Waals surface area contributed by atoms with Crippen molar-refractivity contribution in [3.63, 3.8) is 0 Å². The monoisotopic (exact) mass is 364 g/mol. The van der Waals surface area contributed by atoms with Crippen LogP contribution < -0.4 is 16.8 Å². The Morgan fingerprint density at radius 2 is 1.89 bits per heavy atom. The zero-order valence-electron chi connectivity index (χ0n) is 14.3. The number of nitrogens with one attached hydrogen (secondary N) is 1. The smallest absolute Gasteiger partial charge is 0.254 e. The van der Waals surface area contributed by atoms with E-state index in [-0.39, 0.29) is 17.2 Å². The van der Waals surface area contributed by atoms with Crippen LogP contribution >= 0.6 is 0 Å². The van der Waals surface area contributed by atoms with Gasteiger partial charge in [0.05, 0.1) is 5.56 Å². The third-order valence-electron chi connectivity index (χ3n) is 4.15. The number of anilines is 1. The number of pyridine rings is 1. The standard InChI is InChI=1S/C20H17FN4O2/c1-2-17(19(23)26)25-20(27)16-10-24-18(22)15-9-12(6-7-14(15)16)11-4-3-5-13(21)8-11/h2-10,17H,1H2,(H2,22,24)(H2,23,26)(H,25,27)/t17-/m0/s1. The first-order valence-electron chi connectivity index (χ1n) is 8.07. The number of hydrogen-bond donors (Lipinski definition) is 3. The lowest BCUT2D eigenvalue weighted by atomic mass is 9.99. The van der Waals surface area contributed by atoms with Crippen LogP contribution in [0.4, 0.5) is 10.2 Å². The number of nitrogens with zero attached hydrogens (tertiary/aromatic N) is 1. The molecule has 136 valence electrons. The van der Waals surface area contributed by atoms with E-state index in [1.165, 1.54) is 24.4 Å². The van der Waals surface area contributed by atoms with Gasteiger partial charge in [0.25, 0.3) is 5.91 Å². The molecule has 5 N–H and O–H groups in total. The van der Waals surface area contributed by atoms with E-state index in [0.29, 0.717) is 16.3 Å². The zero-order chi connectivity index (χ0) is 19.6. The molecule has 27 heavy (non-hydrogen) atoms. The minimum Gasteiger partial charge on any atom is -0.383 e. The Balaban J connectivity index is 2.06. The molecular weight excluding hydrogens is 347 g/mol. The van der Waals surface area contributed by atoms with E-state index in [4.69, 9.17) is 11.5 Å². The van der Waals surface area contributed by atoms with Crippen LogP contribution in [0.1, 0.15) is 10.4 Å². The van der Waals surface area contributed by atoms with E-state index in [0.717, 1.165) is 5.56 Å². The topological polar surface area (TPSA) is 111 Å². The van der Waals surface area contributed by atoms with Gasteiger partial charge >= 0.3 is 0 Å². The maximum atomic E-state index is 13.5. The molecule has 1 atom stereocenters. The van der Waals surface area contributed by atoms with Gasteiger partial charge in [-0.3, -0.25) is 9.59 Å². The van der Waals surface area contributed by atoms with Gasteiger partial charge in [0.1, 0.15) is 17.7 Å². The first-order valence-corrected chi connectivity index (χ1v) is 8.07. The Morgan fingerprint density at radius 3 is 2.56 bits per heavy atom. The van der Waals surface area contributed by atoms with Crippen LogP contribution in [0.15, 0.2) is 61.3 Å². The average Bonchev–Trinajstić information content (AvgIpc) is 2.65. The van der Waals surface area contributed by atoms with Gasteiger partial charge in [0, 0.05) is 11.6 Å². The van der Waals surface area contributed by atoms with Crippen molar-refractivity contribution in [3.05, 3.63) is 72.7 Å². The van der Waals surface area contributed by atoms with Gasteiger partial charge in [0.2, 0.25) is 5.91 Å². The fraction of sp³-hybridized carbons (Fsp3) is 0.0500. The van der Waals surface area contributed by atoms with E-state index in [1.54, 1.807) is 30.3 Å². The minimum absolute atomic E-state index is 0.231. The van der Waals surface area contributed by atoms with Gasteiger partial charge in [-0.2, -0.15) is 0 Å². The van der Waals surface area contributed by atoms with Crippen molar-refractivity contribution in [1.82, 2.24) is 10.3 Å². The molecular formula is C20H17FN4O2. The van der Waals surface area contributed by atoms with Crippen molar-refractivity contribution in [3.8, 4) is 11.1 Å². The molecule has 0 radical (unpaired) electrons. The van der Waals surface area contributed by atoms with Gasteiger partial charge in [-0.15, -0.1) is 6.58 Å². The minimum atomic E-state index is -1.00. The third-order valence-corrected chi connectivity index (χ3v) is 4.15. The predicted molar refractivity (Wildman–Crippen MR) is 102 cm³/mol. The lowest BCUT2D eigenvalue weighted by Crippen LogP contribution is -2.43. The summed E-state index contributed by atoms with van der Waals surface area (Å²) in [6.45, 7) is 3.48. The third kappa shape index (κ3) is 3.62. The fourth-order valence-corrected chi connectivity index (χ4v) is 2.76. The molecule has 6 nitrogen and oxygen atoms in total. The Hall–Kier alpha value is -3.74. The number of fused-ring (bicyclic) bond motifs is 1. The van der Waals surface area contributed by atoms with E-state index in [2.05, 4.69) is 16.9 Å². The highest BCUT2D eigenvalue weighted by atomic mass is 19.1. The van der Waals surface area contributed by atoms with Crippen molar-refractivity contribution in [1.29, 1.82) is 0 Å². The number of rotatable bonds is 5.